The maximum absolute atomic E-state index is 9.48. The van der Waals surface area contributed by atoms with E-state index in [9.17, 15) is 5.11 Å². The molecule has 5 heteroatoms. The maximum atomic E-state index is 9.48. The molecule has 0 heterocycles. The normalized spacial score (nSPS) is 14.8. The van der Waals surface area contributed by atoms with Crippen LogP contribution in [0.25, 0.3) is 0 Å². The van der Waals surface area contributed by atoms with E-state index in [0.717, 1.165) is 0 Å². The summed E-state index contributed by atoms with van der Waals surface area (Å²) < 4.78 is 21.2. The zero-order chi connectivity index (χ0) is 12.9. The van der Waals surface area contributed by atoms with Crippen LogP contribution in [0, 0.1) is 0 Å². The molecule has 5 nitrogen and oxygen atoms in total. The van der Waals surface area contributed by atoms with Crippen molar-refractivity contribution in [2.75, 3.05) is 46.2 Å². The minimum Gasteiger partial charge on any atom is -0.388 e. The molecule has 0 fully saturated rings. The molecule has 0 amide bonds. The van der Waals surface area contributed by atoms with Gasteiger partial charge in [-0.05, 0) is 20.8 Å². The summed E-state index contributed by atoms with van der Waals surface area (Å²) in [5.74, 6) is 0. The zero-order valence-electron chi connectivity index (χ0n) is 11.2. The lowest BCUT2D eigenvalue weighted by atomic mass is 10.4. The maximum Gasteiger partial charge on any atom is 0.104 e. The van der Waals surface area contributed by atoms with Gasteiger partial charge in [0.2, 0.25) is 0 Å². The fourth-order valence-electron chi connectivity index (χ4n) is 1.27. The third-order valence-corrected chi connectivity index (χ3v) is 2.04. The quantitative estimate of drug-likeness (QED) is 0.556. The van der Waals surface area contributed by atoms with Gasteiger partial charge >= 0.3 is 0 Å². The molecule has 0 aromatic rings. The molecule has 0 aliphatic heterocycles. The lowest BCUT2D eigenvalue weighted by Gasteiger charge is -2.18. The molecule has 0 aromatic carbocycles. The van der Waals surface area contributed by atoms with Crippen molar-refractivity contribution in [2.24, 2.45) is 0 Å². The van der Waals surface area contributed by atoms with Gasteiger partial charge in [-0.3, -0.25) is 0 Å². The number of rotatable bonds is 12. The van der Waals surface area contributed by atoms with Crippen molar-refractivity contribution in [3.05, 3.63) is 0 Å². The van der Waals surface area contributed by atoms with Crippen LogP contribution in [-0.4, -0.2) is 63.6 Å². The Hall–Kier alpha value is -0.200. The van der Waals surface area contributed by atoms with Crippen LogP contribution in [0.15, 0.2) is 0 Å². The summed E-state index contributed by atoms with van der Waals surface area (Å²) in [6.07, 6.45) is -0.649. The van der Waals surface area contributed by atoms with E-state index in [1.165, 1.54) is 0 Å². The smallest absolute Gasteiger partial charge is 0.104 e. The third-order valence-electron chi connectivity index (χ3n) is 2.04. The lowest BCUT2D eigenvalue weighted by Crippen LogP contribution is -2.29. The molecule has 0 rings (SSSR count). The first-order valence-corrected chi connectivity index (χ1v) is 6.27. The molecule has 0 saturated carbocycles. The Morgan fingerprint density at radius 2 is 1.29 bits per heavy atom. The first kappa shape index (κ1) is 16.8. The van der Waals surface area contributed by atoms with E-state index < -0.39 is 6.10 Å². The van der Waals surface area contributed by atoms with Gasteiger partial charge in [0, 0.05) is 19.8 Å². The second kappa shape index (κ2) is 12.3. The van der Waals surface area contributed by atoms with Crippen molar-refractivity contribution in [3.63, 3.8) is 0 Å². The molecular weight excluding hydrogens is 224 g/mol. The molecule has 2 unspecified atom stereocenters. The molecule has 0 aromatic heterocycles. The number of aliphatic hydroxyl groups is 1. The average molecular weight is 250 g/mol. The molecule has 2 atom stereocenters. The lowest BCUT2D eigenvalue weighted by molar-refractivity contribution is -0.0762. The van der Waals surface area contributed by atoms with Crippen molar-refractivity contribution in [1.82, 2.24) is 0 Å². The highest BCUT2D eigenvalue weighted by atomic mass is 16.6. The largest absolute Gasteiger partial charge is 0.388 e. The molecule has 1 N–H and O–H groups in total. The fraction of sp³-hybridized carbons (Fsp3) is 1.00. The number of aliphatic hydroxyl groups excluding tert-OH is 1. The number of hydrogen-bond acceptors (Lipinski definition) is 5. The fourth-order valence-corrected chi connectivity index (χ4v) is 1.27. The van der Waals surface area contributed by atoms with Crippen LogP contribution in [-0.2, 0) is 18.9 Å². The predicted molar refractivity (Wildman–Crippen MR) is 65.2 cm³/mol. The predicted octanol–water partition coefficient (Wildman–Crippen LogP) is 0.842. The minimum atomic E-state index is -0.579. The summed E-state index contributed by atoms with van der Waals surface area (Å²) in [4.78, 5) is 0. The van der Waals surface area contributed by atoms with Crippen LogP contribution < -0.4 is 0 Å². The van der Waals surface area contributed by atoms with E-state index in [1.54, 1.807) is 0 Å². The first-order valence-electron chi connectivity index (χ1n) is 6.27. The van der Waals surface area contributed by atoms with E-state index in [4.69, 9.17) is 18.9 Å². The molecule has 0 radical (unpaired) electrons. The Morgan fingerprint density at radius 3 is 1.88 bits per heavy atom. The Balaban J connectivity index is 3.57. The molecule has 17 heavy (non-hydrogen) atoms. The van der Waals surface area contributed by atoms with Crippen molar-refractivity contribution in [1.29, 1.82) is 0 Å². The van der Waals surface area contributed by atoms with Gasteiger partial charge in [0.05, 0.1) is 26.4 Å². The summed E-state index contributed by atoms with van der Waals surface area (Å²) in [6.45, 7) is 9.17. The van der Waals surface area contributed by atoms with Gasteiger partial charge in [-0.2, -0.15) is 0 Å². The summed E-state index contributed by atoms with van der Waals surface area (Å²) in [6, 6.07) is 0. The van der Waals surface area contributed by atoms with Crippen molar-refractivity contribution in [2.45, 2.75) is 33.0 Å². The molecule has 0 bridgehead atoms. The van der Waals surface area contributed by atoms with Gasteiger partial charge in [-0.1, -0.05) is 0 Å². The van der Waals surface area contributed by atoms with Crippen LogP contribution in [0.1, 0.15) is 20.8 Å². The Morgan fingerprint density at radius 1 is 0.765 bits per heavy atom. The number of hydrogen-bond donors (Lipinski definition) is 1. The van der Waals surface area contributed by atoms with E-state index in [0.29, 0.717) is 39.6 Å². The highest BCUT2D eigenvalue weighted by Gasteiger charge is 2.10. The van der Waals surface area contributed by atoms with Crippen LogP contribution in [0.5, 0.6) is 0 Å². The van der Waals surface area contributed by atoms with Crippen LogP contribution >= 0.6 is 0 Å². The van der Waals surface area contributed by atoms with E-state index in [2.05, 4.69) is 0 Å². The van der Waals surface area contributed by atoms with E-state index in [1.807, 2.05) is 20.8 Å². The van der Waals surface area contributed by atoms with Crippen molar-refractivity contribution in [3.8, 4) is 0 Å². The van der Waals surface area contributed by atoms with Crippen LogP contribution in [0.4, 0.5) is 0 Å². The molecule has 104 valence electrons. The van der Waals surface area contributed by atoms with Gasteiger partial charge in [-0.15, -0.1) is 0 Å². The molecule has 0 aliphatic carbocycles. The molecular formula is C12H26O5. The van der Waals surface area contributed by atoms with Gasteiger partial charge in [-0.25, -0.2) is 0 Å². The monoisotopic (exact) mass is 250 g/mol. The third kappa shape index (κ3) is 10.7. The standard InChI is InChI=1S/C12H26O5/c1-4-14-7-11(13)8-16-10-12(17-6-3)9-15-5-2/h11-13H,4-10H2,1-3H3. The first-order chi connectivity index (χ1) is 8.24. The van der Waals surface area contributed by atoms with Gasteiger partial charge in [0.1, 0.15) is 12.2 Å². The van der Waals surface area contributed by atoms with Crippen molar-refractivity contribution >= 4 is 0 Å². The van der Waals surface area contributed by atoms with Crippen LogP contribution in [0.3, 0.4) is 0 Å². The van der Waals surface area contributed by atoms with Crippen LogP contribution in [0.2, 0.25) is 0 Å². The SMILES string of the molecule is CCOCC(O)COCC(COCC)OCC. The van der Waals surface area contributed by atoms with E-state index in [-0.39, 0.29) is 12.7 Å². The summed E-state index contributed by atoms with van der Waals surface area (Å²) in [5.41, 5.74) is 0. The Bertz CT molecular complexity index is 154. The second-order valence-corrected chi connectivity index (χ2v) is 3.59. The van der Waals surface area contributed by atoms with E-state index >= 15 is 0 Å². The van der Waals surface area contributed by atoms with Gasteiger partial charge < -0.3 is 24.1 Å². The summed E-state index contributed by atoms with van der Waals surface area (Å²) in [7, 11) is 0. The average Bonchev–Trinajstić information content (AvgIpc) is 2.33. The van der Waals surface area contributed by atoms with Gasteiger partial charge in [0.25, 0.3) is 0 Å². The highest BCUT2D eigenvalue weighted by Crippen LogP contribution is 1.97. The summed E-state index contributed by atoms with van der Waals surface area (Å²) >= 11 is 0. The molecule has 0 saturated heterocycles. The van der Waals surface area contributed by atoms with Crippen molar-refractivity contribution < 1.29 is 24.1 Å². The molecule has 0 aliphatic rings. The summed E-state index contributed by atoms with van der Waals surface area (Å²) in [5, 5.41) is 9.48. The van der Waals surface area contributed by atoms with Gasteiger partial charge in [0.15, 0.2) is 0 Å². The Labute approximate surface area is 104 Å². The topological polar surface area (TPSA) is 57.2 Å². The Kier molecular flexibility index (Phi) is 12.1. The number of ether oxygens (including phenoxy) is 4. The highest BCUT2D eigenvalue weighted by molar-refractivity contribution is 4.57. The molecule has 0 spiro atoms. The minimum absolute atomic E-state index is 0.0701. The zero-order valence-corrected chi connectivity index (χ0v) is 11.2. The second-order valence-electron chi connectivity index (χ2n) is 3.59.